The highest BCUT2D eigenvalue weighted by Gasteiger charge is 2.26. The van der Waals surface area contributed by atoms with Crippen LogP contribution in [0.4, 0.5) is 4.39 Å². The summed E-state index contributed by atoms with van der Waals surface area (Å²) in [4.78, 5) is 16.5. The van der Waals surface area contributed by atoms with Crippen LogP contribution in [0.3, 0.4) is 0 Å². The van der Waals surface area contributed by atoms with Gasteiger partial charge in [-0.05, 0) is 47.6 Å². The number of nitrogens with zero attached hydrogens (tertiary/aromatic N) is 2. The van der Waals surface area contributed by atoms with Crippen molar-refractivity contribution in [2.75, 3.05) is 26.7 Å². The first-order valence-corrected chi connectivity index (χ1v) is 7.26. The van der Waals surface area contributed by atoms with E-state index in [9.17, 15) is 9.18 Å². The van der Waals surface area contributed by atoms with Gasteiger partial charge < -0.3 is 4.90 Å². The van der Waals surface area contributed by atoms with Crippen molar-refractivity contribution in [1.82, 2.24) is 9.80 Å². The number of piperazine rings is 1. The number of carbonyl (C=O) groups is 1. The molecule has 0 aromatic heterocycles. The molecule has 104 valence electrons. The summed E-state index contributed by atoms with van der Waals surface area (Å²) in [6.07, 6.45) is 1.02. The number of hydrogen-bond acceptors (Lipinski definition) is 2. The van der Waals surface area contributed by atoms with Gasteiger partial charge in [0.2, 0.25) is 0 Å². The van der Waals surface area contributed by atoms with E-state index in [1.165, 1.54) is 6.07 Å². The van der Waals surface area contributed by atoms with Crippen LogP contribution >= 0.6 is 15.9 Å². The zero-order valence-corrected chi connectivity index (χ0v) is 12.8. The van der Waals surface area contributed by atoms with Crippen LogP contribution in [0.1, 0.15) is 23.7 Å². The second-order valence-corrected chi connectivity index (χ2v) is 5.78. The maximum absolute atomic E-state index is 13.2. The minimum Gasteiger partial charge on any atom is -0.336 e. The van der Waals surface area contributed by atoms with Crippen LogP contribution in [-0.2, 0) is 0 Å². The van der Waals surface area contributed by atoms with Gasteiger partial charge in [0.25, 0.3) is 5.91 Å². The summed E-state index contributed by atoms with van der Waals surface area (Å²) in [6.45, 7) is 4.47. The van der Waals surface area contributed by atoms with E-state index in [0.717, 1.165) is 26.1 Å². The predicted octanol–water partition coefficient (Wildman–Crippen LogP) is 2.75. The van der Waals surface area contributed by atoms with Gasteiger partial charge in [-0.3, -0.25) is 9.69 Å². The Labute approximate surface area is 121 Å². The van der Waals surface area contributed by atoms with E-state index in [1.807, 2.05) is 4.90 Å². The van der Waals surface area contributed by atoms with Crippen LogP contribution < -0.4 is 0 Å². The smallest absolute Gasteiger partial charge is 0.253 e. The lowest BCUT2D eigenvalue weighted by Crippen LogP contribution is -2.52. The maximum atomic E-state index is 13.2. The zero-order chi connectivity index (χ0) is 14.0. The summed E-state index contributed by atoms with van der Waals surface area (Å²) in [7, 11) is 2.09. The van der Waals surface area contributed by atoms with Gasteiger partial charge in [0.05, 0.1) is 4.47 Å². The first kappa shape index (κ1) is 14.5. The summed E-state index contributed by atoms with van der Waals surface area (Å²) in [5.41, 5.74) is 0.535. The van der Waals surface area contributed by atoms with Gasteiger partial charge in [-0.15, -0.1) is 0 Å². The molecule has 1 fully saturated rings. The highest BCUT2D eigenvalue weighted by atomic mass is 79.9. The highest BCUT2D eigenvalue weighted by molar-refractivity contribution is 9.10. The molecule has 0 radical (unpaired) electrons. The van der Waals surface area contributed by atoms with Gasteiger partial charge in [0.15, 0.2) is 0 Å². The van der Waals surface area contributed by atoms with Crippen molar-refractivity contribution in [1.29, 1.82) is 0 Å². The van der Waals surface area contributed by atoms with E-state index in [1.54, 1.807) is 12.1 Å². The van der Waals surface area contributed by atoms with Gasteiger partial charge in [0, 0.05) is 31.2 Å². The van der Waals surface area contributed by atoms with E-state index in [4.69, 9.17) is 0 Å². The number of benzene rings is 1. The van der Waals surface area contributed by atoms with Gasteiger partial charge in [-0.1, -0.05) is 6.92 Å². The lowest BCUT2D eigenvalue weighted by molar-refractivity contribution is 0.0542. The minimum atomic E-state index is -0.346. The van der Waals surface area contributed by atoms with Crippen molar-refractivity contribution in [2.24, 2.45) is 0 Å². The van der Waals surface area contributed by atoms with Gasteiger partial charge in [-0.25, -0.2) is 4.39 Å². The largest absolute Gasteiger partial charge is 0.336 e. The Kier molecular flexibility index (Phi) is 4.58. The molecular weight excluding hydrogens is 311 g/mol. The van der Waals surface area contributed by atoms with Crippen molar-refractivity contribution in [2.45, 2.75) is 19.4 Å². The molecule has 1 aromatic rings. The van der Waals surface area contributed by atoms with Crippen molar-refractivity contribution in [3.05, 3.63) is 34.1 Å². The van der Waals surface area contributed by atoms with E-state index in [2.05, 4.69) is 34.8 Å². The molecule has 1 aromatic carbocycles. The quantitative estimate of drug-likeness (QED) is 0.833. The monoisotopic (exact) mass is 328 g/mol. The summed E-state index contributed by atoms with van der Waals surface area (Å²) in [5, 5.41) is 0. The van der Waals surface area contributed by atoms with E-state index in [-0.39, 0.29) is 11.7 Å². The molecule has 1 unspecified atom stereocenters. The third-order valence-corrected chi connectivity index (χ3v) is 4.31. The Morgan fingerprint density at radius 2 is 2.21 bits per heavy atom. The topological polar surface area (TPSA) is 23.6 Å². The lowest BCUT2D eigenvalue weighted by atomic mass is 10.1. The van der Waals surface area contributed by atoms with Gasteiger partial charge >= 0.3 is 0 Å². The zero-order valence-electron chi connectivity index (χ0n) is 11.2. The number of carbonyl (C=O) groups excluding carboxylic acids is 1. The van der Waals surface area contributed by atoms with Crippen LogP contribution in [0.15, 0.2) is 22.7 Å². The highest BCUT2D eigenvalue weighted by Crippen LogP contribution is 2.19. The Balaban J connectivity index is 2.13. The summed E-state index contributed by atoms with van der Waals surface area (Å²) < 4.78 is 13.5. The van der Waals surface area contributed by atoms with E-state index in [0.29, 0.717) is 16.1 Å². The van der Waals surface area contributed by atoms with Crippen LogP contribution in [-0.4, -0.2) is 48.4 Å². The van der Waals surface area contributed by atoms with Gasteiger partial charge in [0.1, 0.15) is 5.82 Å². The van der Waals surface area contributed by atoms with E-state index >= 15 is 0 Å². The molecule has 2 rings (SSSR count). The molecule has 1 atom stereocenters. The Hall–Kier alpha value is -0.940. The molecule has 1 heterocycles. The normalized spacial score (nSPS) is 20.6. The molecule has 0 spiro atoms. The molecule has 1 aliphatic heterocycles. The van der Waals surface area contributed by atoms with Crippen molar-refractivity contribution in [3.8, 4) is 0 Å². The summed E-state index contributed by atoms with van der Waals surface area (Å²) in [5.74, 6) is -0.367. The fourth-order valence-electron chi connectivity index (χ4n) is 2.38. The summed E-state index contributed by atoms with van der Waals surface area (Å²) in [6, 6.07) is 4.82. The third-order valence-electron chi connectivity index (χ3n) is 3.70. The van der Waals surface area contributed by atoms with Crippen LogP contribution in [0.25, 0.3) is 0 Å². The Bertz CT molecular complexity index is 481. The maximum Gasteiger partial charge on any atom is 0.253 e. The van der Waals surface area contributed by atoms with Crippen molar-refractivity contribution < 1.29 is 9.18 Å². The number of hydrogen-bond donors (Lipinski definition) is 0. The van der Waals surface area contributed by atoms with Crippen LogP contribution in [0.2, 0.25) is 0 Å². The second-order valence-electron chi connectivity index (χ2n) is 4.92. The van der Waals surface area contributed by atoms with Crippen LogP contribution in [0.5, 0.6) is 0 Å². The standard InChI is InChI=1S/C14H18BrFN2O/c1-3-11-9-18(7-6-17(11)2)14(19)10-4-5-13(16)12(15)8-10/h4-5,8,11H,3,6-7,9H2,1-2H3. The van der Waals surface area contributed by atoms with Crippen molar-refractivity contribution >= 4 is 21.8 Å². The molecule has 0 N–H and O–H groups in total. The molecule has 3 nitrogen and oxygen atoms in total. The third kappa shape index (κ3) is 3.15. The lowest BCUT2D eigenvalue weighted by Gasteiger charge is -2.39. The van der Waals surface area contributed by atoms with Gasteiger partial charge in [-0.2, -0.15) is 0 Å². The fourth-order valence-corrected chi connectivity index (χ4v) is 2.76. The average molecular weight is 329 g/mol. The fraction of sp³-hybridized carbons (Fsp3) is 0.500. The Morgan fingerprint density at radius 3 is 2.84 bits per heavy atom. The molecular formula is C14H18BrFN2O. The first-order chi connectivity index (χ1) is 9.02. The molecule has 1 amide bonds. The molecule has 0 bridgehead atoms. The van der Waals surface area contributed by atoms with Crippen molar-refractivity contribution in [3.63, 3.8) is 0 Å². The molecule has 0 saturated carbocycles. The molecule has 1 aliphatic rings. The Morgan fingerprint density at radius 1 is 1.47 bits per heavy atom. The summed E-state index contributed by atoms with van der Waals surface area (Å²) >= 11 is 3.12. The number of amides is 1. The molecule has 19 heavy (non-hydrogen) atoms. The first-order valence-electron chi connectivity index (χ1n) is 6.47. The molecule has 0 aliphatic carbocycles. The van der Waals surface area contributed by atoms with E-state index < -0.39 is 0 Å². The predicted molar refractivity (Wildman–Crippen MR) is 76.7 cm³/mol. The number of likely N-dealkylation sites (N-methyl/N-ethyl adjacent to an activating group) is 1. The minimum absolute atomic E-state index is 0.0211. The second kappa shape index (κ2) is 6.01. The number of rotatable bonds is 2. The number of halogens is 2. The molecule has 1 saturated heterocycles. The SMILES string of the molecule is CCC1CN(C(=O)c2ccc(F)c(Br)c2)CCN1C. The average Bonchev–Trinajstić information content (AvgIpc) is 2.41. The van der Waals surface area contributed by atoms with Crippen LogP contribution in [0, 0.1) is 5.82 Å². The molecule has 5 heteroatoms.